The standard InChI is InChI=1S/C49H35N/c1-5-16-36(17-6-1)37-28-30-38(31-29-37)39-18-15-25-43(34-39)50(42-23-11-4-12-24-42)44-32-33-46-45-26-13-14-27-47(45)49(48(46)35-44,40-19-7-2-8-20-40)41-21-9-3-10-22-41/h1-35H. The molecule has 0 saturated heterocycles. The van der Waals surface area contributed by atoms with Crippen molar-refractivity contribution in [2.24, 2.45) is 0 Å². The van der Waals surface area contributed by atoms with Crippen molar-refractivity contribution in [2.75, 3.05) is 4.90 Å². The van der Waals surface area contributed by atoms with Gasteiger partial charge >= 0.3 is 0 Å². The van der Waals surface area contributed by atoms with Crippen LogP contribution in [0.1, 0.15) is 22.3 Å². The summed E-state index contributed by atoms with van der Waals surface area (Å²) in [6, 6.07) is 77.1. The molecule has 0 bridgehead atoms. The van der Waals surface area contributed by atoms with Crippen LogP contribution in [0.3, 0.4) is 0 Å². The van der Waals surface area contributed by atoms with Crippen LogP contribution in [-0.4, -0.2) is 0 Å². The van der Waals surface area contributed by atoms with Gasteiger partial charge in [-0.25, -0.2) is 0 Å². The summed E-state index contributed by atoms with van der Waals surface area (Å²) >= 11 is 0. The minimum atomic E-state index is -0.463. The van der Waals surface area contributed by atoms with Gasteiger partial charge in [-0.1, -0.05) is 176 Å². The zero-order chi connectivity index (χ0) is 33.3. The van der Waals surface area contributed by atoms with Gasteiger partial charge in [0.1, 0.15) is 0 Å². The fraction of sp³-hybridized carbons (Fsp3) is 0.0204. The Labute approximate surface area is 294 Å². The average molecular weight is 638 g/mol. The van der Waals surface area contributed by atoms with Gasteiger partial charge in [-0.2, -0.15) is 0 Å². The Morgan fingerprint density at radius 1 is 0.280 bits per heavy atom. The quantitative estimate of drug-likeness (QED) is 0.168. The molecule has 0 radical (unpaired) electrons. The van der Waals surface area contributed by atoms with Crippen molar-refractivity contribution < 1.29 is 0 Å². The monoisotopic (exact) mass is 637 g/mol. The molecule has 0 aliphatic heterocycles. The molecule has 0 N–H and O–H groups in total. The van der Waals surface area contributed by atoms with Crippen LogP contribution >= 0.6 is 0 Å². The molecular weight excluding hydrogens is 603 g/mol. The SMILES string of the molecule is c1ccc(-c2ccc(-c3cccc(N(c4ccccc4)c4ccc5c(c4)C(c4ccccc4)(c4ccccc4)c4ccccc4-5)c3)cc2)cc1. The number of hydrogen-bond donors (Lipinski definition) is 0. The maximum absolute atomic E-state index is 2.43. The van der Waals surface area contributed by atoms with E-state index in [1.165, 1.54) is 55.6 Å². The van der Waals surface area contributed by atoms with E-state index in [0.717, 1.165) is 17.1 Å². The highest BCUT2D eigenvalue weighted by atomic mass is 15.1. The number of para-hydroxylation sites is 1. The summed E-state index contributed by atoms with van der Waals surface area (Å²) in [5, 5.41) is 0. The van der Waals surface area contributed by atoms with E-state index < -0.39 is 5.41 Å². The molecule has 0 spiro atoms. The Bertz CT molecular complexity index is 2360. The summed E-state index contributed by atoms with van der Waals surface area (Å²) in [4.78, 5) is 2.39. The smallest absolute Gasteiger partial charge is 0.0714 e. The van der Waals surface area contributed by atoms with Gasteiger partial charge in [0.15, 0.2) is 0 Å². The number of rotatable bonds is 7. The van der Waals surface area contributed by atoms with E-state index in [1.807, 2.05) is 0 Å². The number of anilines is 3. The maximum Gasteiger partial charge on any atom is 0.0714 e. The Balaban J connectivity index is 1.22. The van der Waals surface area contributed by atoms with Crippen molar-refractivity contribution in [3.05, 3.63) is 235 Å². The first kappa shape index (κ1) is 29.7. The van der Waals surface area contributed by atoms with Crippen molar-refractivity contribution in [3.63, 3.8) is 0 Å². The van der Waals surface area contributed by atoms with Crippen molar-refractivity contribution in [1.82, 2.24) is 0 Å². The lowest BCUT2D eigenvalue weighted by Gasteiger charge is -2.35. The van der Waals surface area contributed by atoms with E-state index >= 15 is 0 Å². The van der Waals surface area contributed by atoms with Crippen LogP contribution in [-0.2, 0) is 5.41 Å². The third-order valence-electron chi connectivity index (χ3n) is 10.1. The number of hydrogen-bond acceptors (Lipinski definition) is 1. The molecule has 1 aliphatic rings. The third kappa shape index (κ3) is 4.95. The van der Waals surface area contributed by atoms with Gasteiger partial charge in [0.25, 0.3) is 0 Å². The molecular formula is C49H35N. The molecule has 50 heavy (non-hydrogen) atoms. The molecule has 236 valence electrons. The molecule has 9 rings (SSSR count). The van der Waals surface area contributed by atoms with Gasteiger partial charge < -0.3 is 4.90 Å². The molecule has 0 fully saturated rings. The summed E-state index contributed by atoms with van der Waals surface area (Å²) < 4.78 is 0. The fourth-order valence-corrected chi connectivity index (χ4v) is 7.91. The highest BCUT2D eigenvalue weighted by Gasteiger charge is 2.46. The molecule has 0 saturated carbocycles. The first-order valence-electron chi connectivity index (χ1n) is 17.3. The highest BCUT2D eigenvalue weighted by molar-refractivity contribution is 5.90. The van der Waals surface area contributed by atoms with Crippen LogP contribution in [0, 0.1) is 0 Å². The Morgan fingerprint density at radius 2 is 0.740 bits per heavy atom. The fourth-order valence-electron chi connectivity index (χ4n) is 7.91. The predicted molar refractivity (Wildman–Crippen MR) is 209 cm³/mol. The van der Waals surface area contributed by atoms with Crippen LogP contribution < -0.4 is 4.90 Å². The number of fused-ring (bicyclic) bond motifs is 3. The Morgan fingerprint density at radius 3 is 1.40 bits per heavy atom. The van der Waals surface area contributed by atoms with Gasteiger partial charge in [0.05, 0.1) is 5.41 Å². The second kappa shape index (κ2) is 12.5. The van der Waals surface area contributed by atoms with Gasteiger partial charge in [-0.15, -0.1) is 0 Å². The van der Waals surface area contributed by atoms with E-state index in [9.17, 15) is 0 Å². The van der Waals surface area contributed by atoms with Gasteiger partial charge in [-0.05, 0) is 92.0 Å². The van der Waals surface area contributed by atoms with Crippen LogP contribution in [0.2, 0.25) is 0 Å². The lowest BCUT2D eigenvalue weighted by Crippen LogP contribution is -2.28. The maximum atomic E-state index is 2.43. The summed E-state index contributed by atoms with van der Waals surface area (Å²) in [5.41, 5.74) is 15.4. The molecule has 0 aromatic heterocycles. The van der Waals surface area contributed by atoms with E-state index in [4.69, 9.17) is 0 Å². The summed E-state index contributed by atoms with van der Waals surface area (Å²) in [5.74, 6) is 0. The van der Waals surface area contributed by atoms with Gasteiger partial charge in [0.2, 0.25) is 0 Å². The molecule has 0 atom stereocenters. The third-order valence-corrected chi connectivity index (χ3v) is 10.1. The molecule has 0 amide bonds. The second-order valence-electron chi connectivity index (χ2n) is 12.9. The molecule has 1 heteroatoms. The zero-order valence-corrected chi connectivity index (χ0v) is 27.7. The summed E-state index contributed by atoms with van der Waals surface area (Å²) in [6.45, 7) is 0. The zero-order valence-electron chi connectivity index (χ0n) is 27.7. The normalized spacial score (nSPS) is 12.6. The molecule has 0 unspecified atom stereocenters. The van der Waals surface area contributed by atoms with Gasteiger partial charge in [0, 0.05) is 17.1 Å². The largest absolute Gasteiger partial charge is 0.310 e. The lowest BCUT2D eigenvalue weighted by atomic mass is 9.67. The van der Waals surface area contributed by atoms with E-state index in [-0.39, 0.29) is 0 Å². The van der Waals surface area contributed by atoms with Crippen molar-refractivity contribution >= 4 is 17.1 Å². The van der Waals surface area contributed by atoms with Crippen LogP contribution in [0.4, 0.5) is 17.1 Å². The average Bonchev–Trinajstić information content (AvgIpc) is 3.50. The van der Waals surface area contributed by atoms with E-state index in [0.29, 0.717) is 0 Å². The molecule has 8 aromatic carbocycles. The first-order valence-corrected chi connectivity index (χ1v) is 17.3. The molecule has 8 aromatic rings. The van der Waals surface area contributed by atoms with Gasteiger partial charge in [-0.3, -0.25) is 0 Å². The minimum Gasteiger partial charge on any atom is -0.310 e. The minimum absolute atomic E-state index is 0.463. The Kier molecular flexibility index (Phi) is 7.44. The molecule has 1 aliphatic carbocycles. The number of nitrogens with zero attached hydrogens (tertiary/aromatic N) is 1. The van der Waals surface area contributed by atoms with Crippen LogP contribution in [0.25, 0.3) is 33.4 Å². The predicted octanol–water partition coefficient (Wildman–Crippen LogP) is 12.9. The molecule has 1 nitrogen and oxygen atoms in total. The van der Waals surface area contributed by atoms with E-state index in [1.54, 1.807) is 0 Å². The first-order chi connectivity index (χ1) is 24.8. The number of benzene rings is 8. The van der Waals surface area contributed by atoms with Crippen molar-refractivity contribution in [2.45, 2.75) is 5.41 Å². The summed E-state index contributed by atoms with van der Waals surface area (Å²) in [7, 11) is 0. The highest BCUT2D eigenvalue weighted by Crippen LogP contribution is 2.57. The Hall–Kier alpha value is -6.44. The summed E-state index contributed by atoms with van der Waals surface area (Å²) in [6.07, 6.45) is 0. The second-order valence-corrected chi connectivity index (χ2v) is 12.9. The van der Waals surface area contributed by atoms with Crippen molar-refractivity contribution in [3.8, 4) is 33.4 Å². The molecule has 0 heterocycles. The van der Waals surface area contributed by atoms with E-state index in [2.05, 4.69) is 217 Å². The lowest BCUT2D eigenvalue weighted by molar-refractivity contribution is 0.768. The van der Waals surface area contributed by atoms with Crippen LogP contribution in [0.5, 0.6) is 0 Å². The topological polar surface area (TPSA) is 3.24 Å². The van der Waals surface area contributed by atoms with Crippen molar-refractivity contribution in [1.29, 1.82) is 0 Å². The van der Waals surface area contributed by atoms with Crippen LogP contribution in [0.15, 0.2) is 212 Å².